The number of carbonyl (C=O) groups excluding carboxylic acids is 2. The summed E-state index contributed by atoms with van der Waals surface area (Å²) in [5.41, 5.74) is 7.28. The molecule has 2 amide bonds. The molecule has 23 heavy (non-hydrogen) atoms. The largest absolute Gasteiger partial charge is 0.368 e. The third kappa shape index (κ3) is 4.68. The topological polar surface area (TPSA) is 85.1 Å². The Bertz CT molecular complexity index is 743. The van der Waals surface area contributed by atoms with Crippen molar-refractivity contribution in [2.24, 2.45) is 5.73 Å². The fraction of sp³-hybridized carbons (Fsp3) is 0.167. The van der Waals surface area contributed by atoms with E-state index in [2.05, 4.69) is 22.1 Å². The molecule has 0 bridgehead atoms. The Hall–Kier alpha value is -3.13. The van der Waals surface area contributed by atoms with Gasteiger partial charge in [-0.05, 0) is 42.8 Å². The van der Waals surface area contributed by atoms with Crippen molar-refractivity contribution >= 4 is 11.8 Å². The molecule has 0 radical (unpaired) electrons. The van der Waals surface area contributed by atoms with Crippen LogP contribution in [0.25, 0.3) is 0 Å². The van der Waals surface area contributed by atoms with E-state index >= 15 is 0 Å². The first kappa shape index (κ1) is 16.2. The van der Waals surface area contributed by atoms with E-state index in [4.69, 9.17) is 5.73 Å². The minimum atomic E-state index is -0.660. The van der Waals surface area contributed by atoms with Crippen LogP contribution >= 0.6 is 0 Å². The Balaban J connectivity index is 2.06. The van der Waals surface area contributed by atoms with Gasteiger partial charge in [0, 0.05) is 29.1 Å². The van der Waals surface area contributed by atoms with Gasteiger partial charge in [-0.1, -0.05) is 18.8 Å². The number of pyridine rings is 1. The van der Waals surface area contributed by atoms with Crippen molar-refractivity contribution < 1.29 is 9.59 Å². The van der Waals surface area contributed by atoms with Gasteiger partial charge in [0.1, 0.15) is 6.04 Å². The molecule has 0 spiro atoms. The van der Waals surface area contributed by atoms with Gasteiger partial charge in [0.05, 0.1) is 0 Å². The highest BCUT2D eigenvalue weighted by Gasteiger charge is 2.16. The average Bonchev–Trinajstić information content (AvgIpc) is 2.58. The van der Waals surface area contributed by atoms with Gasteiger partial charge in [0.2, 0.25) is 5.91 Å². The summed E-state index contributed by atoms with van der Waals surface area (Å²) in [4.78, 5) is 27.2. The van der Waals surface area contributed by atoms with Crippen LogP contribution in [0.1, 0.15) is 34.8 Å². The zero-order valence-electron chi connectivity index (χ0n) is 12.7. The van der Waals surface area contributed by atoms with Crippen LogP contribution in [0.3, 0.4) is 0 Å². The molecule has 1 heterocycles. The van der Waals surface area contributed by atoms with E-state index in [9.17, 15) is 9.59 Å². The average molecular weight is 307 g/mol. The van der Waals surface area contributed by atoms with E-state index in [1.54, 1.807) is 43.6 Å². The molecule has 1 aromatic heterocycles. The van der Waals surface area contributed by atoms with Gasteiger partial charge in [-0.3, -0.25) is 14.6 Å². The van der Waals surface area contributed by atoms with Gasteiger partial charge in [-0.15, -0.1) is 0 Å². The fourth-order valence-corrected chi connectivity index (χ4v) is 1.90. The summed E-state index contributed by atoms with van der Waals surface area (Å²) in [7, 11) is 0. The lowest BCUT2D eigenvalue weighted by Gasteiger charge is -2.13. The van der Waals surface area contributed by atoms with E-state index < -0.39 is 11.9 Å². The van der Waals surface area contributed by atoms with Gasteiger partial charge in [-0.25, -0.2) is 0 Å². The summed E-state index contributed by atoms with van der Waals surface area (Å²) in [6.07, 6.45) is 3.83. The first-order valence-corrected chi connectivity index (χ1v) is 7.22. The predicted octanol–water partition coefficient (Wildman–Crippen LogP) is 1.48. The molecule has 1 atom stereocenters. The lowest BCUT2D eigenvalue weighted by molar-refractivity contribution is -0.119. The van der Waals surface area contributed by atoms with E-state index in [0.29, 0.717) is 12.0 Å². The van der Waals surface area contributed by atoms with Crippen LogP contribution in [-0.2, 0) is 4.79 Å². The molecule has 0 saturated carbocycles. The second-order valence-corrected chi connectivity index (χ2v) is 4.91. The van der Waals surface area contributed by atoms with Crippen LogP contribution in [0.15, 0.2) is 48.8 Å². The van der Waals surface area contributed by atoms with Gasteiger partial charge in [-0.2, -0.15) is 0 Å². The zero-order chi connectivity index (χ0) is 16.7. The summed E-state index contributed by atoms with van der Waals surface area (Å²) < 4.78 is 0. The van der Waals surface area contributed by atoms with E-state index in [0.717, 1.165) is 11.1 Å². The summed E-state index contributed by atoms with van der Waals surface area (Å²) in [5, 5.41) is 2.60. The number of aromatic nitrogens is 1. The maximum absolute atomic E-state index is 12.0. The second-order valence-electron chi connectivity index (χ2n) is 4.91. The second kappa shape index (κ2) is 7.76. The minimum absolute atomic E-state index is 0.331. The first-order chi connectivity index (χ1) is 11.1. The Kier molecular flexibility index (Phi) is 5.48. The molecule has 0 aliphatic carbocycles. The van der Waals surface area contributed by atoms with Gasteiger partial charge < -0.3 is 11.1 Å². The lowest BCUT2D eigenvalue weighted by atomic mass is 10.1. The number of rotatable bonds is 4. The Morgan fingerprint density at radius 2 is 1.87 bits per heavy atom. The number of nitrogens with zero attached hydrogens (tertiary/aromatic N) is 1. The summed E-state index contributed by atoms with van der Waals surface area (Å²) in [6, 6.07) is 9.86. The number of carbonyl (C=O) groups is 2. The molecule has 1 aromatic carbocycles. The van der Waals surface area contributed by atoms with E-state index in [1.807, 2.05) is 12.1 Å². The van der Waals surface area contributed by atoms with Crippen molar-refractivity contribution in [2.75, 3.05) is 0 Å². The summed E-state index contributed by atoms with van der Waals surface area (Å²) in [5.74, 6) is 5.12. The molecule has 0 fully saturated rings. The molecule has 5 nitrogen and oxygen atoms in total. The fourth-order valence-electron chi connectivity index (χ4n) is 1.90. The molecule has 3 N–H and O–H groups in total. The first-order valence-electron chi connectivity index (χ1n) is 7.22. The number of primary amides is 1. The quantitative estimate of drug-likeness (QED) is 0.839. The van der Waals surface area contributed by atoms with Crippen LogP contribution in [0.2, 0.25) is 0 Å². The molecular weight excluding hydrogens is 290 g/mol. The van der Waals surface area contributed by atoms with Crippen molar-refractivity contribution in [3.05, 3.63) is 65.5 Å². The van der Waals surface area contributed by atoms with Crippen molar-refractivity contribution in [1.29, 1.82) is 0 Å². The van der Waals surface area contributed by atoms with Crippen LogP contribution in [0.4, 0.5) is 0 Å². The monoisotopic (exact) mass is 307 g/mol. The van der Waals surface area contributed by atoms with Gasteiger partial charge in [0.25, 0.3) is 5.91 Å². The minimum Gasteiger partial charge on any atom is -0.368 e. The molecule has 0 saturated heterocycles. The molecule has 0 aliphatic heterocycles. The highest BCUT2D eigenvalue weighted by Crippen LogP contribution is 2.05. The predicted molar refractivity (Wildman–Crippen MR) is 87.4 cm³/mol. The highest BCUT2D eigenvalue weighted by molar-refractivity contribution is 5.97. The van der Waals surface area contributed by atoms with Crippen molar-refractivity contribution in [3.8, 4) is 11.8 Å². The van der Waals surface area contributed by atoms with E-state index in [1.165, 1.54) is 0 Å². The molecule has 2 rings (SSSR count). The van der Waals surface area contributed by atoms with Crippen molar-refractivity contribution in [1.82, 2.24) is 10.3 Å². The zero-order valence-corrected chi connectivity index (χ0v) is 12.7. The third-order valence-electron chi connectivity index (χ3n) is 3.22. The molecule has 0 aliphatic rings. The molecule has 5 heteroatoms. The normalized spacial score (nSPS) is 11.0. The number of hydrogen-bond acceptors (Lipinski definition) is 3. The molecule has 2 aromatic rings. The highest BCUT2D eigenvalue weighted by atomic mass is 16.2. The third-order valence-corrected chi connectivity index (χ3v) is 3.22. The van der Waals surface area contributed by atoms with Gasteiger partial charge >= 0.3 is 0 Å². The number of nitrogens with two attached hydrogens (primary N) is 1. The SMILES string of the molecule is CCC(NC(=O)c1ccc(C#Cc2cccnc2)cc1)C(N)=O. The summed E-state index contributed by atoms with van der Waals surface area (Å²) >= 11 is 0. The van der Waals surface area contributed by atoms with E-state index in [-0.39, 0.29) is 5.91 Å². The molecule has 116 valence electrons. The number of nitrogens with one attached hydrogen (secondary N) is 1. The molecule has 1 unspecified atom stereocenters. The summed E-state index contributed by atoms with van der Waals surface area (Å²) in [6.45, 7) is 1.78. The number of amides is 2. The standard InChI is InChI=1S/C18H17N3O2/c1-2-16(17(19)22)21-18(23)15-9-7-13(8-10-15)5-6-14-4-3-11-20-12-14/h3-4,7-12,16H,2H2,1H3,(H2,19,22)(H,21,23). The molecular formula is C18H17N3O2. The Morgan fingerprint density at radius 3 is 2.43 bits per heavy atom. The van der Waals surface area contributed by atoms with Crippen LogP contribution in [0, 0.1) is 11.8 Å². The number of benzene rings is 1. The Morgan fingerprint density at radius 1 is 1.17 bits per heavy atom. The van der Waals surface area contributed by atoms with Crippen LogP contribution < -0.4 is 11.1 Å². The lowest BCUT2D eigenvalue weighted by Crippen LogP contribution is -2.43. The number of hydrogen-bond donors (Lipinski definition) is 2. The smallest absolute Gasteiger partial charge is 0.251 e. The van der Waals surface area contributed by atoms with Crippen LogP contribution in [-0.4, -0.2) is 22.8 Å². The Labute approximate surface area is 134 Å². The van der Waals surface area contributed by atoms with Crippen molar-refractivity contribution in [3.63, 3.8) is 0 Å². The maximum Gasteiger partial charge on any atom is 0.251 e. The maximum atomic E-state index is 12.0. The van der Waals surface area contributed by atoms with Crippen molar-refractivity contribution in [2.45, 2.75) is 19.4 Å². The van der Waals surface area contributed by atoms with Crippen LogP contribution in [0.5, 0.6) is 0 Å². The van der Waals surface area contributed by atoms with Gasteiger partial charge in [0.15, 0.2) is 0 Å².